The highest BCUT2D eigenvalue weighted by molar-refractivity contribution is 5.35. The van der Waals surface area contributed by atoms with Crippen LogP contribution < -0.4 is 0 Å². The molecule has 0 bridgehead atoms. The summed E-state index contributed by atoms with van der Waals surface area (Å²) in [5.74, 6) is 0.704. The topological polar surface area (TPSA) is 30.7 Å². The Hall–Kier alpha value is -1.64. The Kier molecular flexibility index (Phi) is 2.25. The van der Waals surface area contributed by atoms with Gasteiger partial charge < -0.3 is 0 Å². The van der Waals surface area contributed by atoms with Gasteiger partial charge in [-0.2, -0.15) is 5.10 Å². The lowest BCUT2D eigenvalue weighted by Gasteiger charge is -2.06. The summed E-state index contributed by atoms with van der Waals surface area (Å²) in [7, 11) is 0. The molecule has 0 aromatic carbocycles. The third-order valence-corrected chi connectivity index (χ3v) is 4.01. The third-order valence-electron chi connectivity index (χ3n) is 4.01. The van der Waals surface area contributed by atoms with Crippen molar-refractivity contribution in [1.29, 1.82) is 0 Å². The molecule has 0 unspecified atom stereocenters. The molecule has 2 heterocycles. The molecular weight excluding hydrogens is 222 g/mol. The average Bonchev–Trinajstić information content (AvgIpc) is 3.18. The van der Waals surface area contributed by atoms with Crippen LogP contribution in [-0.4, -0.2) is 14.8 Å². The second kappa shape index (κ2) is 3.94. The van der Waals surface area contributed by atoms with Crippen LogP contribution >= 0.6 is 0 Å². The van der Waals surface area contributed by atoms with Crippen LogP contribution in [0.15, 0.2) is 24.5 Å². The number of aryl methyl sites for hydroxylation is 2. The molecule has 0 N–H and O–H groups in total. The lowest BCUT2D eigenvalue weighted by molar-refractivity contribution is 0.671. The zero-order chi connectivity index (χ0) is 11.9. The lowest BCUT2D eigenvalue weighted by atomic mass is 9.99. The predicted molar refractivity (Wildman–Crippen MR) is 70.0 cm³/mol. The van der Waals surface area contributed by atoms with E-state index in [0.717, 1.165) is 6.42 Å². The van der Waals surface area contributed by atoms with Crippen LogP contribution in [-0.2, 0) is 12.8 Å². The first-order chi connectivity index (χ1) is 8.90. The molecular formula is C15H17N3. The SMILES string of the molecule is c1cc(-n2cc3c(n2)CCCC3)cc(C2CC2)n1. The Morgan fingerprint density at radius 2 is 2.06 bits per heavy atom. The number of hydrogen-bond donors (Lipinski definition) is 0. The molecule has 0 atom stereocenters. The third kappa shape index (κ3) is 1.74. The van der Waals surface area contributed by atoms with E-state index in [1.54, 1.807) is 0 Å². The van der Waals surface area contributed by atoms with Gasteiger partial charge >= 0.3 is 0 Å². The van der Waals surface area contributed by atoms with Crippen molar-refractivity contribution in [2.24, 2.45) is 0 Å². The van der Waals surface area contributed by atoms with E-state index in [1.807, 2.05) is 10.9 Å². The summed E-state index contributed by atoms with van der Waals surface area (Å²) in [6, 6.07) is 4.26. The Labute approximate surface area is 107 Å². The van der Waals surface area contributed by atoms with Gasteiger partial charge in [-0.05, 0) is 56.2 Å². The maximum absolute atomic E-state index is 4.73. The molecule has 3 heteroatoms. The Balaban J connectivity index is 1.73. The lowest BCUT2D eigenvalue weighted by Crippen LogP contribution is -2.00. The molecule has 0 amide bonds. The quantitative estimate of drug-likeness (QED) is 0.806. The molecule has 92 valence electrons. The molecule has 18 heavy (non-hydrogen) atoms. The minimum atomic E-state index is 0.704. The number of nitrogens with zero attached hydrogens (tertiary/aromatic N) is 3. The number of hydrogen-bond acceptors (Lipinski definition) is 2. The van der Waals surface area contributed by atoms with Crippen molar-refractivity contribution < 1.29 is 0 Å². The van der Waals surface area contributed by atoms with Gasteiger partial charge in [-0.25, -0.2) is 4.68 Å². The van der Waals surface area contributed by atoms with E-state index in [-0.39, 0.29) is 0 Å². The minimum Gasteiger partial charge on any atom is -0.261 e. The second-order valence-electron chi connectivity index (χ2n) is 5.47. The smallest absolute Gasteiger partial charge is 0.0679 e. The highest BCUT2D eigenvalue weighted by Gasteiger charge is 2.25. The molecule has 1 fully saturated rings. The van der Waals surface area contributed by atoms with Crippen molar-refractivity contribution in [3.63, 3.8) is 0 Å². The van der Waals surface area contributed by atoms with Crippen LogP contribution in [0.25, 0.3) is 5.69 Å². The van der Waals surface area contributed by atoms with Crippen molar-refractivity contribution in [1.82, 2.24) is 14.8 Å². The van der Waals surface area contributed by atoms with Gasteiger partial charge in [0.2, 0.25) is 0 Å². The van der Waals surface area contributed by atoms with Gasteiger partial charge in [-0.1, -0.05) is 0 Å². The normalized spacial score (nSPS) is 18.7. The van der Waals surface area contributed by atoms with Crippen LogP contribution in [0.1, 0.15) is 48.6 Å². The van der Waals surface area contributed by atoms with E-state index in [9.17, 15) is 0 Å². The summed E-state index contributed by atoms with van der Waals surface area (Å²) in [5, 5.41) is 4.73. The molecule has 2 aromatic rings. The van der Waals surface area contributed by atoms with Gasteiger partial charge in [0.25, 0.3) is 0 Å². The second-order valence-corrected chi connectivity index (χ2v) is 5.47. The number of fused-ring (bicyclic) bond motifs is 1. The maximum Gasteiger partial charge on any atom is 0.0679 e. The molecule has 1 saturated carbocycles. The molecule has 2 aliphatic carbocycles. The maximum atomic E-state index is 4.73. The summed E-state index contributed by atoms with van der Waals surface area (Å²) in [6.45, 7) is 0. The number of aromatic nitrogens is 3. The first-order valence-electron chi connectivity index (χ1n) is 6.94. The number of pyridine rings is 1. The first kappa shape index (κ1) is 10.3. The zero-order valence-corrected chi connectivity index (χ0v) is 10.5. The predicted octanol–water partition coefficient (Wildman–Crippen LogP) is 3.02. The zero-order valence-electron chi connectivity index (χ0n) is 10.5. The fourth-order valence-electron chi connectivity index (χ4n) is 2.79. The molecule has 2 aromatic heterocycles. The molecule has 0 radical (unpaired) electrons. The van der Waals surface area contributed by atoms with Gasteiger partial charge in [-0.15, -0.1) is 0 Å². The minimum absolute atomic E-state index is 0.704. The number of rotatable bonds is 2. The van der Waals surface area contributed by atoms with Crippen LogP contribution in [0.2, 0.25) is 0 Å². The van der Waals surface area contributed by atoms with Crippen molar-refractivity contribution in [2.45, 2.75) is 44.4 Å². The van der Waals surface area contributed by atoms with E-state index in [2.05, 4.69) is 23.3 Å². The van der Waals surface area contributed by atoms with Crippen molar-refractivity contribution in [3.05, 3.63) is 41.5 Å². The van der Waals surface area contributed by atoms with Crippen LogP contribution in [0.4, 0.5) is 0 Å². The molecule has 3 nitrogen and oxygen atoms in total. The highest BCUT2D eigenvalue weighted by atomic mass is 15.3. The molecule has 2 aliphatic rings. The van der Waals surface area contributed by atoms with E-state index >= 15 is 0 Å². The molecule has 4 rings (SSSR count). The standard InChI is InChI=1S/C15H17N3/c1-2-4-14-12(3-1)10-18(17-14)13-7-8-16-15(9-13)11-5-6-11/h7-11H,1-6H2. The molecule has 0 saturated heterocycles. The fraction of sp³-hybridized carbons (Fsp3) is 0.467. The van der Waals surface area contributed by atoms with Crippen LogP contribution in [0, 0.1) is 0 Å². The van der Waals surface area contributed by atoms with Crippen molar-refractivity contribution in [3.8, 4) is 5.69 Å². The van der Waals surface area contributed by atoms with Crippen LogP contribution in [0.3, 0.4) is 0 Å². The highest BCUT2D eigenvalue weighted by Crippen LogP contribution is 2.39. The van der Waals surface area contributed by atoms with Crippen molar-refractivity contribution >= 4 is 0 Å². The van der Waals surface area contributed by atoms with Gasteiger partial charge in [0.05, 0.1) is 11.4 Å². The van der Waals surface area contributed by atoms with E-state index < -0.39 is 0 Å². The van der Waals surface area contributed by atoms with E-state index in [4.69, 9.17) is 5.10 Å². The van der Waals surface area contributed by atoms with Crippen LogP contribution in [0.5, 0.6) is 0 Å². The monoisotopic (exact) mass is 239 g/mol. The van der Waals surface area contributed by atoms with Gasteiger partial charge in [0.1, 0.15) is 0 Å². The Morgan fingerprint density at radius 1 is 1.17 bits per heavy atom. The largest absolute Gasteiger partial charge is 0.261 e. The van der Waals surface area contributed by atoms with Gasteiger partial charge in [0, 0.05) is 24.0 Å². The summed E-state index contributed by atoms with van der Waals surface area (Å²) >= 11 is 0. The summed E-state index contributed by atoms with van der Waals surface area (Å²) in [4.78, 5) is 4.47. The van der Waals surface area contributed by atoms with E-state index in [0.29, 0.717) is 5.92 Å². The van der Waals surface area contributed by atoms with Gasteiger partial charge in [-0.3, -0.25) is 4.98 Å². The molecule has 0 aliphatic heterocycles. The van der Waals surface area contributed by atoms with Crippen molar-refractivity contribution in [2.75, 3.05) is 0 Å². The molecule has 0 spiro atoms. The Morgan fingerprint density at radius 3 is 2.89 bits per heavy atom. The average molecular weight is 239 g/mol. The first-order valence-corrected chi connectivity index (χ1v) is 6.94. The summed E-state index contributed by atoms with van der Waals surface area (Å²) in [5.41, 5.74) is 5.14. The fourth-order valence-corrected chi connectivity index (χ4v) is 2.79. The summed E-state index contributed by atoms with van der Waals surface area (Å²) in [6.07, 6.45) is 11.6. The van der Waals surface area contributed by atoms with Gasteiger partial charge in [0.15, 0.2) is 0 Å². The summed E-state index contributed by atoms with van der Waals surface area (Å²) < 4.78 is 2.05. The Bertz CT molecular complexity index is 558. The van der Waals surface area contributed by atoms with E-state index in [1.165, 1.54) is 54.7 Å².